The maximum Gasteiger partial charge on any atom is 0.0568 e. The molecule has 0 atom stereocenters. The van der Waals surface area contributed by atoms with Crippen LogP contribution in [0.5, 0.6) is 0 Å². The van der Waals surface area contributed by atoms with E-state index in [1.165, 1.54) is 32.1 Å². The van der Waals surface area contributed by atoms with E-state index in [0.717, 1.165) is 18.6 Å². The van der Waals surface area contributed by atoms with E-state index in [0.29, 0.717) is 0 Å². The summed E-state index contributed by atoms with van der Waals surface area (Å²) in [6, 6.07) is 0. The Morgan fingerprint density at radius 2 is 1.75 bits per heavy atom. The predicted molar refractivity (Wildman–Crippen MR) is 52.9 cm³/mol. The molecule has 0 saturated carbocycles. The van der Waals surface area contributed by atoms with Crippen molar-refractivity contribution in [3.8, 4) is 0 Å². The molecule has 0 aliphatic rings. The summed E-state index contributed by atoms with van der Waals surface area (Å²) in [5.41, 5.74) is 0.937. The van der Waals surface area contributed by atoms with Crippen molar-refractivity contribution in [1.29, 1.82) is 0 Å². The summed E-state index contributed by atoms with van der Waals surface area (Å²) in [4.78, 5) is 0. The highest BCUT2D eigenvalue weighted by atomic mass is 16.4. The van der Waals surface area contributed by atoms with Crippen molar-refractivity contribution in [3.05, 3.63) is 0 Å². The summed E-state index contributed by atoms with van der Waals surface area (Å²) in [6.07, 6.45) is 8.23. The highest BCUT2D eigenvalue weighted by molar-refractivity contribution is 5.83. The molecule has 0 rings (SSSR count). The zero-order valence-electron chi connectivity index (χ0n) is 8.34. The molecule has 72 valence electrons. The van der Waals surface area contributed by atoms with Crippen molar-refractivity contribution in [3.63, 3.8) is 0 Å². The Balaban J connectivity index is 3.18. The molecule has 0 saturated heterocycles. The molecule has 0 unspecified atom stereocenters. The highest BCUT2D eigenvalue weighted by Crippen LogP contribution is 2.06. The van der Waals surface area contributed by atoms with Crippen LogP contribution in [0.3, 0.4) is 0 Å². The molecule has 0 spiro atoms. The lowest BCUT2D eigenvalue weighted by atomic mass is 10.1. The van der Waals surface area contributed by atoms with Crippen molar-refractivity contribution in [2.45, 2.75) is 58.8 Å². The van der Waals surface area contributed by atoms with Crippen LogP contribution in [-0.4, -0.2) is 10.9 Å². The van der Waals surface area contributed by atoms with Crippen molar-refractivity contribution in [1.82, 2.24) is 0 Å². The molecule has 0 radical (unpaired) electrons. The van der Waals surface area contributed by atoms with E-state index in [4.69, 9.17) is 5.21 Å². The van der Waals surface area contributed by atoms with Crippen LogP contribution in [0, 0.1) is 0 Å². The highest BCUT2D eigenvalue weighted by Gasteiger charge is 1.96. The first-order chi connectivity index (χ1) is 5.85. The maximum atomic E-state index is 8.52. The average molecular weight is 171 g/mol. The third kappa shape index (κ3) is 6.20. The monoisotopic (exact) mass is 171 g/mol. The number of unbranched alkanes of at least 4 members (excludes halogenated alkanes) is 4. The van der Waals surface area contributed by atoms with Gasteiger partial charge in [-0.15, -0.1) is 0 Å². The van der Waals surface area contributed by atoms with Crippen molar-refractivity contribution < 1.29 is 5.21 Å². The lowest BCUT2D eigenvalue weighted by Crippen LogP contribution is -1.95. The zero-order valence-corrected chi connectivity index (χ0v) is 8.34. The molecule has 2 nitrogen and oxygen atoms in total. The van der Waals surface area contributed by atoms with Crippen LogP contribution in [0.1, 0.15) is 58.8 Å². The van der Waals surface area contributed by atoms with E-state index < -0.39 is 0 Å². The lowest BCUT2D eigenvalue weighted by molar-refractivity contribution is 0.316. The van der Waals surface area contributed by atoms with Gasteiger partial charge in [-0.2, -0.15) is 0 Å². The lowest BCUT2D eigenvalue weighted by Gasteiger charge is -2.00. The molecule has 0 fully saturated rings. The standard InChI is InChI=1S/C10H21NO/c1-3-5-6-7-8-9-10(4-2)11-12/h12H,3-9H2,1-2H3/b11-10+. The van der Waals surface area contributed by atoms with Gasteiger partial charge in [0.2, 0.25) is 0 Å². The molecule has 0 aliphatic carbocycles. The Labute approximate surface area is 75.7 Å². The maximum absolute atomic E-state index is 8.52. The van der Waals surface area contributed by atoms with Crippen molar-refractivity contribution in [2.24, 2.45) is 5.16 Å². The van der Waals surface area contributed by atoms with Crippen LogP contribution in [0.15, 0.2) is 5.16 Å². The van der Waals surface area contributed by atoms with E-state index in [2.05, 4.69) is 12.1 Å². The first-order valence-electron chi connectivity index (χ1n) is 5.04. The van der Waals surface area contributed by atoms with Crippen molar-refractivity contribution in [2.75, 3.05) is 0 Å². The van der Waals surface area contributed by atoms with Crippen LogP contribution >= 0.6 is 0 Å². The van der Waals surface area contributed by atoms with Crippen LogP contribution < -0.4 is 0 Å². The zero-order chi connectivity index (χ0) is 9.23. The first kappa shape index (κ1) is 11.5. The summed E-state index contributed by atoms with van der Waals surface area (Å²) in [6.45, 7) is 4.24. The second kappa shape index (κ2) is 8.57. The Kier molecular flexibility index (Phi) is 8.19. The first-order valence-corrected chi connectivity index (χ1v) is 5.04. The Hall–Kier alpha value is -0.530. The molecule has 0 aromatic carbocycles. The molecule has 0 bridgehead atoms. The van der Waals surface area contributed by atoms with Gasteiger partial charge < -0.3 is 5.21 Å². The minimum atomic E-state index is 0.879. The molecule has 0 amide bonds. The van der Waals surface area contributed by atoms with Gasteiger partial charge in [0.15, 0.2) is 0 Å². The molecular weight excluding hydrogens is 150 g/mol. The van der Waals surface area contributed by atoms with Gasteiger partial charge in [0.25, 0.3) is 0 Å². The number of nitrogens with zero attached hydrogens (tertiary/aromatic N) is 1. The number of hydrogen-bond donors (Lipinski definition) is 1. The fourth-order valence-electron chi connectivity index (χ4n) is 1.23. The van der Waals surface area contributed by atoms with Gasteiger partial charge in [-0.25, -0.2) is 0 Å². The predicted octanol–water partition coefficient (Wildman–Crippen LogP) is 3.59. The number of hydrogen-bond acceptors (Lipinski definition) is 2. The van der Waals surface area contributed by atoms with Crippen LogP contribution in [0.2, 0.25) is 0 Å². The topological polar surface area (TPSA) is 32.6 Å². The van der Waals surface area contributed by atoms with E-state index in [1.54, 1.807) is 0 Å². The van der Waals surface area contributed by atoms with Crippen LogP contribution in [0.25, 0.3) is 0 Å². The van der Waals surface area contributed by atoms with Crippen molar-refractivity contribution >= 4 is 5.71 Å². The van der Waals surface area contributed by atoms with Gasteiger partial charge in [-0.3, -0.25) is 0 Å². The third-order valence-corrected chi connectivity index (χ3v) is 2.12. The fourth-order valence-corrected chi connectivity index (χ4v) is 1.23. The van der Waals surface area contributed by atoms with E-state index >= 15 is 0 Å². The van der Waals surface area contributed by atoms with Gasteiger partial charge in [-0.05, 0) is 19.3 Å². The summed E-state index contributed by atoms with van der Waals surface area (Å²) >= 11 is 0. The fraction of sp³-hybridized carbons (Fsp3) is 0.900. The van der Waals surface area contributed by atoms with Gasteiger partial charge >= 0.3 is 0 Å². The van der Waals surface area contributed by atoms with E-state index in [1.807, 2.05) is 6.92 Å². The molecule has 0 aromatic rings. The molecule has 0 aliphatic heterocycles. The number of rotatable bonds is 7. The largest absolute Gasteiger partial charge is 0.411 e. The van der Waals surface area contributed by atoms with E-state index in [-0.39, 0.29) is 0 Å². The second-order valence-corrected chi connectivity index (χ2v) is 3.18. The normalized spacial score (nSPS) is 12.0. The summed E-state index contributed by atoms with van der Waals surface area (Å²) in [5.74, 6) is 0. The third-order valence-electron chi connectivity index (χ3n) is 2.12. The average Bonchev–Trinajstić information content (AvgIpc) is 2.11. The van der Waals surface area contributed by atoms with Gasteiger partial charge in [0.05, 0.1) is 5.71 Å². The molecule has 12 heavy (non-hydrogen) atoms. The Morgan fingerprint density at radius 1 is 1.08 bits per heavy atom. The summed E-state index contributed by atoms with van der Waals surface area (Å²) < 4.78 is 0. The second-order valence-electron chi connectivity index (χ2n) is 3.18. The van der Waals surface area contributed by atoms with Crippen LogP contribution in [0.4, 0.5) is 0 Å². The van der Waals surface area contributed by atoms with E-state index in [9.17, 15) is 0 Å². The minimum Gasteiger partial charge on any atom is -0.411 e. The molecule has 2 heteroatoms. The summed E-state index contributed by atoms with van der Waals surface area (Å²) in [7, 11) is 0. The molecule has 0 aromatic heterocycles. The molecule has 1 N–H and O–H groups in total. The van der Waals surface area contributed by atoms with Gasteiger partial charge in [-0.1, -0.05) is 44.7 Å². The minimum absolute atomic E-state index is 0.879. The van der Waals surface area contributed by atoms with Gasteiger partial charge in [0.1, 0.15) is 0 Å². The number of oxime groups is 1. The Bertz CT molecular complexity index is 121. The summed E-state index contributed by atoms with van der Waals surface area (Å²) in [5, 5.41) is 11.8. The van der Waals surface area contributed by atoms with Gasteiger partial charge in [0, 0.05) is 0 Å². The SMILES string of the molecule is CCCCCCC/C(CC)=N/O. The molecular formula is C10H21NO. The quantitative estimate of drug-likeness (QED) is 0.270. The van der Waals surface area contributed by atoms with Crippen LogP contribution in [-0.2, 0) is 0 Å². The smallest absolute Gasteiger partial charge is 0.0568 e. The Morgan fingerprint density at radius 3 is 2.25 bits per heavy atom. The molecule has 0 heterocycles.